The number of hydrogen-bond donors (Lipinski definition) is 0. The minimum atomic E-state index is -0.209. The molecule has 114 heavy (non-hydrogen) atoms. The number of hydrogen-bond acceptors (Lipinski definition) is 5. The largest absolute Gasteiger partial charge is 0.311 e. The van der Waals surface area contributed by atoms with E-state index in [4.69, 9.17) is 0 Å². The van der Waals surface area contributed by atoms with E-state index in [0.717, 1.165) is 96.2 Å². The molecule has 1 aliphatic carbocycles. The van der Waals surface area contributed by atoms with Crippen molar-refractivity contribution in [2.24, 2.45) is 0 Å². The third kappa shape index (κ3) is 13.4. The second kappa shape index (κ2) is 30.6. The van der Waals surface area contributed by atoms with Gasteiger partial charge in [0.25, 0.3) is 0 Å². The summed E-state index contributed by atoms with van der Waals surface area (Å²) in [6.07, 6.45) is 0. The van der Waals surface area contributed by atoms with Gasteiger partial charge in [0.05, 0.1) is 22.7 Å². The number of anilines is 15. The summed E-state index contributed by atoms with van der Waals surface area (Å²) in [5.74, 6) is 0. The van der Waals surface area contributed by atoms with Crippen LogP contribution in [0.2, 0.25) is 0 Å². The van der Waals surface area contributed by atoms with Gasteiger partial charge in [0.2, 0.25) is 0 Å². The highest BCUT2D eigenvalue weighted by atomic mass is 15.2. The number of benzene rings is 19. The van der Waals surface area contributed by atoms with Crippen molar-refractivity contribution in [2.75, 3.05) is 24.5 Å². The average molecular weight is 1460 g/mol. The predicted molar refractivity (Wildman–Crippen MR) is 485 cm³/mol. The molecule has 1 aliphatic rings. The van der Waals surface area contributed by atoms with Crippen LogP contribution in [0.3, 0.4) is 0 Å². The first-order valence-corrected chi connectivity index (χ1v) is 39.2. The summed E-state index contributed by atoms with van der Waals surface area (Å²) in [6.45, 7) is 4.75. The number of fused-ring (bicyclic) bond motifs is 7. The topological polar surface area (TPSA) is 16.2 Å². The van der Waals surface area contributed by atoms with Gasteiger partial charge >= 0.3 is 0 Å². The van der Waals surface area contributed by atoms with Crippen LogP contribution in [0.15, 0.2) is 455 Å². The number of nitrogens with zero attached hydrogens (tertiary/aromatic N) is 5. The van der Waals surface area contributed by atoms with Crippen LogP contribution in [0.1, 0.15) is 25.0 Å². The quantitative estimate of drug-likeness (QED) is 0.0900. The molecule has 5 heteroatoms. The van der Waals surface area contributed by atoms with Gasteiger partial charge in [-0.1, -0.05) is 311 Å². The first-order chi connectivity index (χ1) is 56.3. The van der Waals surface area contributed by atoms with E-state index in [9.17, 15) is 0 Å². The Hall–Kier alpha value is -14.8. The van der Waals surface area contributed by atoms with Crippen molar-refractivity contribution in [1.82, 2.24) is 0 Å². The van der Waals surface area contributed by atoms with Crippen LogP contribution in [-0.4, -0.2) is 0 Å². The molecular weight excluding hydrogens is 1380 g/mol. The molecule has 0 aromatic heterocycles. The van der Waals surface area contributed by atoms with Crippen LogP contribution in [0.25, 0.3) is 76.5 Å². The second-order valence-electron chi connectivity index (χ2n) is 29.6. The highest BCUT2D eigenvalue weighted by Crippen LogP contribution is 2.54. The fourth-order valence-electron chi connectivity index (χ4n) is 16.9. The van der Waals surface area contributed by atoms with E-state index in [1.165, 1.54) is 76.7 Å². The van der Waals surface area contributed by atoms with E-state index in [1.54, 1.807) is 0 Å². The summed E-state index contributed by atoms with van der Waals surface area (Å²) in [5.41, 5.74) is 26.7. The molecule has 0 bridgehead atoms. The monoisotopic (exact) mass is 1460 g/mol. The van der Waals surface area contributed by atoms with Crippen LogP contribution in [0.5, 0.6) is 0 Å². The van der Waals surface area contributed by atoms with Crippen LogP contribution in [-0.2, 0) is 5.41 Å². The first-order valence-electron chi connectivity index (χ1n) is 39.2. The Balaban J connectivity index is 0.000000159. The van der Waals surface area contributed by atoms with E-state index in [2.05, 4.69) is 493 Å². The molecule has 0 amide bonds. The molecule has 0 saturated carbocycles. The fourth-order valence-corrected chi connectivity index (χ4v) is 16.9. The number of para-hydroxylation sites is 5. The molecule has 5 nitrogen and oxygen atoms in total. The Morgan fingerprint density at radius 1 is 0.158 bits per heavy atom. The molecule has 0 spiro atoms. The first kappa shape index (κ1) is 69.7. The third-order valence-electron chi connectivity index (χ3n) is 22.4. The van der Waals surface area contributed by atoms with E-state index in [-0.39, 0.29) is 5.41 Å². The van der Waals surface area contributed by atoms with E-state index >= 15 is 0 Å². The Morgan fingerprint density at radius 3 is 0.614 bits per heavy atom. The molecule has 20 rings (SSSR count). The van der Waals surface area contributed by atoms with E-state index in [1.807, 2.05) is 0 Å². The van der Waals surface area contributed by atoms with Crippen LogP contribution >= 0.6 is 0 Å². The fraction of sp³-hybridized carbons (Fsp3) is 0.0275. The van der Waals surface area contributed by atoms with Gasteiger partial charge in [-0.3, -0.25) is 0 Å². The SMILES string of the molecule is CC1(C)c2cc(N(c3ccccc3)c3cccc4ccccc34)ccc2-c2ccc(N(c3ccccc3)c3cccc4ccccc34)cc21.c1ccc(N(c2ccc(-c3ccc(N(c4ccccc4)c4cccc5ccccc45)cc3)cc2)c2ccc(-c3ccc(N(c4ccccc4)c4cccc5ccccc45)cc3)cc2)cc1. The Bertz CT molecular complexity index is 6210. The molecule has 0 atom stereocenters. The third-order valence-corrected chi connectivity index (χ3v) is 22.4. The molecule has 542 valence electrons. The zero-order chi connectivity index (χ0) is 76.3. The summed E-state index contributed by atoms with van der Waals surface area (Å²) < 4.78 is 0. The average Bonchev–Trinajstić information content (AvgIpc) is 1.58. The summed E-state index contributed by atoms with van der Waals surface area (Å²) in [7, 11) is 0. The number of rotatable bonds is 17. The molecule has 19 aromatic rings. The van der Waals surface area contributed by atoms with Gasteiger partial charge in [0.1, 0.15) is 0 Å². The molecule has 0 fully saturated rings. The maximum absolute atomic E-state index is 2.42. The van der Waals surface area contributed by atoms with Crippen LogP contribution in [0.4, 0.5) is 85.3 Å². The standard InChI is InChI=1S/C62H45N3.C47H36N2/c1-4-20-52(21-5-1)63(55-38-30-46(31-39-55)48-34-42-57(43-35-48)64(53-22-6-2-7-23-53)61-28-14-18-50-16-10-12-26-59(50)61)56-40-32-47(33-41-56)49-36-44-58(45-37-49)65(54-24-8-3-9-25-54)62-29-15-19-51-17-11-13-27-60(51)62;1-47(2)43-31-37(48(35-19-5-3-6-20-35)45-25-13-17-33-15-9-11-23-39(33)45)27-29-41(43)42-30-28-38(32-44(42)47)49(36-21-7-4-8-22-36)46-26-14-18-34-16-10-12-24-40(34)46/h1-45H;3-32H,1-2H3. The molecule has 0 unspecified atom stereocenters. The lowest BCUT2D eigenvalue weighted by Crippen LogP contribution is -2.17. The van der Waals surface area contributed by atoms with Crippen molar-refractivity contribution in [3.05, 3.63) is 466 Å². The highest BCUT2D eigenvalue weighted by Gasteiger charge is 2.37. The van der Waals surface area contributed by atoms with Gasteiger partial charge in [-0.05, 0) is 224 Å². The van der Waals surface area contributed by atoms with Crippen molar-refractivity contribution < 1.29 is 0 Å². The highest BCUT2D eigenvalue weighted by molar-refractivity contribution is 6.04. The van der Waals surface area contributed by atoms with Crippen molar-refractivity contribution in [1.29, 1.82) is 0 Å². The Kier molecular flexibility index (Phi) is 18.7. The molecular formula is C109H81N5. The van der Waals surface area contributed by atoms with Crippen molar-refractivity contribution in [3.8, 4) is 33.4 Å². The van der Waals surface area contributed by atoms with Crippen molar-refractivity contribution in [2.45, 2.75) is 19.3 Å². The van der Waals surface area contributed by atoms with Gasteiger partial charge in [-0.25, -0.2) is 0 Å². The lowest BCUT2D eigenvalue weighted by Gasteiger charge is -2.30. The Labute approximate surface area is 667 Å². The minimum absolute atomic E-state index is 0.209. The molecule has 0 radical (unpaired) electrons. The normalized spacial score (nSPS) is 11.8. The lowest BCUT2D eigenvalue weighted by atomic mass is 9.82. The van der Waals surface area contributed by atoms with Gasteiger partial charge in [0.15, 0.2) is 0 Å². The second-order valence-corrected chi connectivity index (χ2v) is 29.6. The zero-order valence-corrected chi connectivity index (χ0v) is 63.5. The van der Waals surface area contributed by atoms with E-state index in [0.29, 0.717) is 0 Å². The molecule has 19 aromatic carbocycles. The van der Waals surface area contributed by atoms with Crippen LogP contribution < -0.4 is 24.5 Å². The summed E-state index contributed by atoms with van der Waals surface area (Å²) >= 11 is 0. The Morgan fingerprint density at radius 2 is 0.351 bits per heavy atom. The zero-order valence-electron chi connectivity index (χ0n) is 63.5. The lowest BCUT2D eigenvalue weighted by molar-refractivity contribution is 0.660. The van der Waals surface area contributed by atoms with Gasteiger partial charge < -0.3 is 24.5 Å². The van der Waals surface area contributed by atoms with Crippen molar-refractivity contribution >= 4 is 128 Å². The van der Waals surface area contributed by atoms with Gasteiger partial charge in [-0.15, -0.1) is 0 Å². The van der Waals surface area contributed by atoms with E-state index < -0.39 is 0 Å². The van der Waals surface area contributed by atoms with Crippen LogP contribution in [0, 0.1) is 0 Å². The summed E-state index contributed by atoms with van der Waals surface area (Å²) in [6, 6.07) is 164. The van der Waals surface area contributed by atoms with Gasteiger partial charge in [0, 0.05) is 89.5 Å². The molecule has 0 heterocycles. The molecule has 0 aliphatic heterocycles. The maximum Gasteiger partial charge on any atom is 0.0540 e. The van der Waals surface area contributed by atoms with Crippen molar-refractivity contribution in [3.63, 3.8) is 0 Å². The minimum Gasteiger partial charge on any atom is -0.311 e. The molecule has 0 N–H and O–H groups in total. The predicted octanol–water partition coefficient (Wildman–Crippen LogP) is 31.0. The maximum atomic E-state index is 2.42. The smallest absolute Gasteiger partial charge is 0.0540 e. The summed E-state index contributed by atoms with van der Waals surface area (Å²) in [5, 5.41) is 9.80. The van der Waals surface area contributed by atoms with Gasteiger partial charge in [-0.2, -0.15) is 0 Å². The molecule has 0 saturated heterocycles. The summed E-state index contributed by atoms with van der Waals surface area (Å²) in [4.78, 5) is 11.8.